The maximum absolute atomic E-state index is 6.66. The highest BCUT2D eigenvalue weighted by molar-refractivity contribution is 5.82. The normalized spacial score (nSPS) is 25.1. The molecule has 3 nitrogen and oxygen atoms in total. The summed E-state index contributed by atoms with van der Waals surface area (Å²) >= 11 is 0. The van der Waals surface area contributed by atoms with E-state index in [1.54, 1.807) is 0 Å². The van der Waals surface area contributed by atoms with Crippen LogP contribution in [0, 0.1) is 5.92 Å². The van der Waals surface area contributed by atoms with E-state index in [1.165, 1.54) is 5.56 Å². The van der Waals surface area contributed by atoms with Gasteiger partial charge in [-0.3, -0.25) is 4.98 Å². The third kappa shape index (κ3) is 2.56. The van der Waals surface area contributed by atoms with Crippen molar-refractivity contribution in [2.45, 2.75) is 51.4 Å². The Morgan fingerprint density at radius 1 is 1.19 bits per heavy atom. The summed E-state index contributed by atoms with van der Waals surface area (Å²) in [5, 5.41) is 1.15. The molecule has 1 fully saturated rings. The first kappa shape index (κ1) is 14.5. The third-order valence-electron chi connectivity index (χ3n) is 4.62. The number of aromatic nitrogens is 1. The van der Waals surface area contributed by atoms with Crippen LogP contribution in [0.3, 0.4) is 0 Å². The molecule has 0 bridgehead atoms. The van der Waals surface area contributed by atoms with Gasteiger partial charge in [-0.1, -0.05) is 18.2 Å². The first-order chi connectivity index (χ1) is 9.80. The van der Waals surface area contributed by atoms with Crippen LogP contribution in [0.1, 0.15) is 45.7 Å². The molecule has 21 heavy (non-hydrogen) atoms. The number of benzene rings is 1. The van der Waals surface area contributed by atoms with Crippen LogP contribution in [0.25, 0.3) is 10.9 Å². The van der Waals surface area contributed by atoms with Crippen LogP contribution < -0.4 is 5.73 Å². The number of fused-ring (bicyclic) bond motifs is 1. The topological polar surface area (TPSA) is 48.1 Å². The Morgan fingerprint density at radius 3 is 2.57 bits per heavy atom. The maximum atomic E-state index is 6.66. The monoisotopic (exact) mass is 284 g/mol. The molecule has 1 saturated heterocycles. The predicted octanol–water partition coefficient (Wildman–Crippen LogP) is 3.83. The van der Waals surface area contributed by atoms with Gasteiger partial charge >= 0.3 is 0 Å². The van der Waals surface area contributed by atoms with Crippen molar-refractivity contribution in [3.8, 4) is 0 Å². The van der Waals surface area contributed by atoms with Gasteiger partial charge in [-0.25, -0.2) is 0 Å². The average molecular weight is 284 g/mol. The van der Waals surface area contributed by atoms with Crippen molar-refractivity contribution in [1.82, 2.24) is 4.98 Å². The lowest BCUT2D eigenvalue weighted by Gasteiger charge is -2.31. The number of nitrogens with two attached hydrogens (primary N) is 1. The molecule has 1 aliphatic heterocycles. The molecule has 0 aliphatic carbocycles. The smallest absolute Gasteiger partial charge is 0.0705 e. The Balaban J connectivity index is 2.03. The second-order valence-corrected chi connectivity index (χ2v) is 7.22. The molecule has 3 heteroatoms. The van der Waals surface area contributed by atoms with Crippen molar-refractivity contribution in [3.05, 3.63) is 42.1 Å². The van der Waals surface area contributed by atoms with Gasteiger partial charge < -0.3 is 10.5 Å². The molecule has 2 unspecified atom stereocenters. The van der Waals surface area contributed by atoms with E-state index in [2.05, 4.69) is 44.8 Å². The van der Waals surface area contributed by atoms with E-state index < -0.39 is 0 Å². The van der Waals surface area contributed by atoms with Crippen LogP contribution in [-0.4, -0.2) is 16.2 Å². The van der Waals surface area contributed by atoms with Crippen molar-refractivity contribution < 1.29 is 4.74 Å². The van der Waals surface area contributed by atoms with Crippen LogP contribution in [0.15, 0.2) is 36.5 Å². The molecular weight excluding hydrogens is 260 g/mol. The van der Waals surface area contributed by atoms with Crippen molar-refractivity contribution in [3.63, 3.8) is 0 Å². The van der Waals surface area contributed by atoms with Crippen molar-refractivity contribution >= 4 is 10.9 Å². The van der Waals surface area contributed by atoms with Gasteiger partial charge in [-0.15, -0.1) is 0 Å². The fourth-order valence-corrected chi connectivity index (χ4v) is 3.79. The van der Waals surface area contributed by atoms with Crippen molar-refractivity contribution in [2.75, 3.05) is 0 Å². The molecule has 1 aliphatic rings. The second-order valence-electron chi connectivity index (χ2n) is 7.22. The van der Waals surface area contributed by atoms with E-state index in [9.17, 15) is 0 Å². The molecular formula is C18H24N2O. The van der Waals surface area contributed by atoms with Crippen LogP contribution in [0.4, 0.5) is 0 Å². The molecule has 1 aromatic carbocycles. The molecule has 1 aromatic heterocycles. The summed E-state index contributed by atoms with van der Waals surface area (Å²) in [5.74, 6) is 0.290. The van der Waals surface area contributed by atoms with E-state index in [4.69, 9.17) is 10.5 Å². The zero-order valence-corrected chi connectivity index (χ0v) is 13.3. The van der Waals surface area contributed by atoms with Gasteiger partial charge in [0.15, 0.2) is 0 Å². The van der Waals surface area contributed by atoms with Gasteiger partial charge in [0.05, 0.1) is 16.7 Å². The average Bonchev–Trinajstić information content (AvgIpc) is 2.65. The number of ether oxygens (including phenoxy) is 1. The molecule has 2 aromatic rings. The van der Waals surface area contributed by atoms with Gasteiger partial charge in [-0.05, 0) is 51.8 Å². The van der Waals surface area contributed by atoms with Crippen molar-refractivity contribution in [2.24, 2.45) is 11.7 Å². The predicted molar refractivity (Wildman–Crippen MR) is 86.0 cm³/mol. The van der Waals surface area contributed by atoms with Crippen LogP contribution in [-0.2, 0) is 4.74 Å². The van der Waals surface area contributed by atoms with E-state index in [0.29, 0.717) is 5.92 Å². The number of para-hydroxylation sites is 1. The number of nitrogens with zero attached hydrogens (tertiary/aromatic N) is 1. The minimum Gasteiger partial charge on any atom is -0.369 e. The zero-order valence-electron chi connectivity index (χ0n) is 13.3. The second kappa shape index (κ2) is 4.79. The molecule has 2 heterocycles. The Kier molecular flexibility index (Phi) is 3.30. The highest BCUT2D eigenvalue weighted by Gasteiger charge is 2.48. The van der Waals surface area contributed by atoms with E-state index in [1.807, 2.05) is 24.4 Å². The number of hydrogen-bond donors (Lipinski definition) is 1. The summed E-state index contributed by atoms with van der Waals surface area (Å²) in [6.45, 7) is 8.59. The summed E-state index contributed by atoms with van der Waals surface area (Å²) in [4.78, 5) is 4.43. The molecule has 0 radical (unpaired) electrons. The third-order valence-corrected chi connectivity index (χ3v) is 4.62. The molecule has 0 spiro atoms. The van der Waals surface area contributed by atoms with Gasteiger partial charge in [-0.2, -0.15) is 0 Å². The fraction of sp³-hybridized carbons (Fsp3) is 0.500. The molecule has 2 atom stereocenters. The Morgan fingerprint density at radius 2 is 1.90 bits per heavy atom. The minimum absolute atomic E-state index is 0.0466. The van der Waals surface area contributed by atoms with Crippen LogP contribution in [0.2, 0.25) is 0 Å². The Labute approximate surface area is 126 Å². The summed E-state index contributed by atoms with van der Waals surface area (Å²) in [6, 6.07) is 10.2. The highest BCUT2D eigenvalue weighted by atomic mass is 16.5. The van der Waals surface area contributed by atoms with Crippen molar-refractivity contribution in [1.29, 1.82) is 0 Å². The number of hydrogen-bond acceptors (Lipinski definition) is 3. The molecule has 3 rings (SSSR count). The van der Waals surface area contributed by atoms with Gasteiger partial charge in [0, 0.05) is 23.5 Å². The van der Waals surface area contributed by atoms with Gasteiger partial charge in [0.25, 0.3) is 0 Å². The summed E-state index contributed by atoms with van der Waals surface area (Å²) in [5.41, 5.74) is 8.49. The molecule has 0 amide bonds. The fourth-order valence-electron chi connectivity index (χ4n) is 3.79. The largest absolute Gasteiger partial charge is 0.369 e. The van der Waals surface area contributed by atoms with Gasteiger partial charge in [0.1, 0.15) is 0 Å². The zero-order chi connectivity index (χ0) is 15.3. The standard InChI is InChI=1S/C18H24N2O/c1-17(2)11-14(18(3,4)21-17)16(19)13-9-10-20-15-8-6-5-7-12(13)15/h5-10,14,16H,11,19H2,1-4H3. The lowest BCUT2D eigenvalue weighted by Crippen LogP contribution is -2.36. The lowest BCUT2D eigenvalue weighted by molar-refractivity contribution is -0.0766. The molecule has 112 valence electrons. The minimum atomic E-state index is -0.215. The summed E-state index contributed by atoms with van der Waals surface area (Å²) in [6.07, 6.45) is 2.82. The Hall–Kier alpha value is -1.45. The maximum Gasteiger partial charge on any atom is 0.0705 e. The SMILES string of the molecule is CC1(C)CC(C(N)c2ccnc3ccccc23)C(C)(C)O1. The molecule has 2 N–H and O–H groups in total. The van der Waals surface area contributed by atoms with E-state index in [-0.39, 0.29) is 17.2 Å². The Bertz CT molecular complexity index is 658. The van der Waals surface area contributed by atoms with Crippen LogP contribution >= 0.6 is 0 Å². The summed E-state index contributed by atoms with van der Waals surface area (Å²) in [7, 11) is 0. The van der Waals surface area contributed by atoms with E-state index in [0.717, 1.165) is 17.3 Å². The number of pyridine rings is 1. The quantitative estimate of drug-likeness (QED) is 0.911. The lowest BCUT2D eigenvalue weighted by atomic mass is 9.79. The summed E-state index contributed by atoms with van der Waals surface area (Å²) < 4.78 is 6.21. The van der Waals surface area contributed by atoms with Gasteiger partial charge in [0.2, 0.25) is 0 Å². The molecule has 0 saturated carbocycles. The first-order valence-electron chi connectivity index (χ1n) is 7.60. The van der Waals surface area contributed by atoms with Crippen LogP contribution in [0.5, 0.6) is 0 Å². The highest BCUT2D eigenvalue weighted by Crippen LogP contribution is 2.47. The first-order valence-corrected chi connectivity index (χ1v) is 7.60. The van der Waals surface area contributed by atoms with E-state index >= 15 is 0 Å². The number of rotatable bonds is 2.